The van der Waals surface area contributed by atoms with Crippen LogP contribution in [0.15, 0.2) is 30.3 Å². The summed E-state index contributed by atoms with van der Waals surface area (Å²) in [6, 6.07) is 10.9. The number of benzene rings is 1. The van der Waals surface area contributed by atoms with E-state index in [1.165, 1.54) is 5.56 Å². The molecule has 2 heteroatoms. The molecule has 0 radical (unpaired) electrons. The maximum atomic E-state index is 9.89. The fraction of sp³-hybridized carbons (Fsp3) is 0.714. The van der Waals surface area contributed by atoms with Gasteiger partial charge in [-0.15, -0.1) is 0 Å². The summed E-state index contributed by atoms with van der Waals surface area (Å²) in [6.45, 7) is 2.49. The van der Waals surface area contributed by atoms with E-state index in [4.69, 9.17) is 0 Å². The fourth-order valence-corrected chi connectivity index (χ4v) is 5.13. The molecule has 0 amide bonds. The third kappa shape index (κ3) is 3.97. The SMILES string of the molecule is CC(Cc1ccccc1)(C1CCC(O)CC1)C1CCC(O)CC1. The lowest BCUT2D eigenvalue weighted by atomic mass is 9.57. The lowest BCUT2D eigenvalue weighted by molar-refractivity contribution is -0.00885. The summed E-state index contributed by atoms with van der Waals surface area (Å²) in [5.74, 6) is 1.40. The van der Waals surface area contributed by atoms with Gasteiger partial charge in [0.05, 0.1) is 12.2 Å². The Hall–Kier alpha value is -0.860. The molecule has 0 aliphatic heterocycles. The van der Waals surface area contributed by atoms with Gasteiger partial charge in [-0.3, -0.25) is 0 Å². The monoisotopic (exact) mass is 316 g/mol. The van der Waals surface area contributed by atoms with E-state index in [1.807, 2.05) is 0 Å². The fourth-order valence-electron chi connectivity index (χ4n) is 5.13. The molecule has 2 fully saturated rings. The molecule has 0 unspecified atom stereocenters. The van der Waals surface area contributed by atoms with Crippen LogP contribution in [0.1, 0.15) is 63.9 Å². The maximum Gasteiger partial charge on any atom is 0.0540 e. The Morgan fingerprint density at radius 3 is 1.65 bits per heavy atom. The molecule has 2 aliphatic carbocycles. The second kappa shape index (κ2) is 7.36. The molecule has 2 N–H and O–H groups in total. The minimum atomic E-state index is -0.0830. The quantitative estimate of drug-likeness (QED) is 0.867. The first-order chi connectivity index (χ1) is 11.1. The average molecular weight is 316 g/mol. The van der Waals surface area contributed by atoms with Gasteiger partial charge < -0.3 is 10.2 Å². The van der Waals surface area contributed by atoms with Gasteiger partial charge in [0, 0.05) is 0 Å². The molecular weight excluding hydrogens is 284 g/mol. The smallest absolute Gasteiger partial charge is 0.0540 e. The molecule has 0 aromatic heterocycles. The second-order valence-corrected chi connectivity index (χ2v) is 8.18. The standard InChI is InChI=1S/C21H32O2/c1-21(15-16-5-3-2-4-6-16,17-7-11-19(22)12-8-17)18-9-13-20(23)14-10-18/h2-6,17-20,22-23H,7-15H2,1H3. The zero-order valence-corrected chi connectivity index (χ0v) is 14.5. The zero-order chi connectivity index (χ0) is 16.3. The molecule has 0 saturated heterocycles. The van der Waals surface area contributed by atoms with Gasteiger partial charge in [-0.1, -0.05) is 37.3 Å². The van der Waals surface area contributed by atoms with E-state index in [9.17, 15) is 10.2 Å². The number of rotatable bonds is 4. The minimum Gasteiger partial charge on any atom is -0.393 e. The van der Waals surface area contributed by atoms with Crippen LogP contribution in [0.2, 0.25) is 0 Å². The van der Waals surface area contributed by atoms with Crippen molar-refractivity contribution in [1.29, 1.82) is 0 Å². The first-order valence-electron chi connectivity index (χ1n) is 9.48. The summed E-state index contributed by atoms with van der Waals surface area (Å²) < 4.78 is 0. The molecular formula is C21H32O2. The highest BCUT2D eigenvalue weighted by molar-refractivity contribution is 5.17. The lowest BCUT2D eigenvalue weighted by Crippen LogP contribution is -2.42. The summed E-state index contributed by atoms with van der Waals surface area (Å²) in [6.07, 6.45) is 9.44. The minimum absolute atomic E-state index is 0.0830. The first-order valence-corrected chi connectivity index (χ1v) is 9.48. The molecule has 128 valence electrons. The van der Waals surface area contributed by atoms with Crippen LogP contribution in [-0.4, -0.2) is 22.4 Å². The van der Waals surface area contributed by atoms with Gasteiger partial charge in [0.15, 0.2) is 0 Å². The molecule has 2 aliphatic rings. The van der Waals surface area contributed by atoms with E-state index in [0.29, 0.717) is 17.3 Å². The summed E-state index contributed by atoms with van der Waals surface area (Å²) >= 11 is 0. The number of aliphatic hydroxyl groups is 2. The van der Waals surface area contributed by atoms with Gasteiger partial charge in [0.1, 0.15) is 0 Å². The molecule has 1 aromatic carbocycles. The van der Waals surface area contributed by atoms with Crippen molar-refractivity contribution in [3.63, 3.8) is 0 Å². The van der Waals surface area contributed by atoms with Crippen LogP contribution >= 0.6 is 0 Å². The average Bonchev–Trinajstić information content (AvgIpc) is 2.57. The number of hydrogen-bond acceptors (Lipinski definition) is 2. The second-order valence-electron chi connectivity index (χ2n) is 8.18. The normalized spacial score (nSPS) is 34.7. The largest absolute Gasteiger partial charge is 0.393 e. The van der Waals surface area contributed by atoms with Crippen molar-refractivity contribution < 1.29 is 10.2 Å². The molecule has 0 atom stereocenters. The topological polar surface area (TPSA) is 40.5 Å². The van der Waals surface area contributed by atoms with Crippen LogP contribution in [0.25, 0.3) is 0 Å². The van der Waals surface area contributed by atoms with E-state index in [2.05, 4.69) is 37.3 Å². The van der Waals surface area contributed by atoms with Crippen molar-refractivity contribution in [2.45, 2.75) is 76.9 Å². The van der Waals surface area contributed by atoms with Gasteiger partial charge >= 0.3 is 0 Å². The van der Waals surface area contributed by atoms with Crippen molar-refractivity contribution in [3.05, 3.63) is 35.9 Å². The predicted octanol–water partition coefficient (Wildman–Crippen LogP) is 4.34. The van der Waals surface area contributed by atoms with E-state index < -0.39 is 0 Å². The molecule has 0 spiro atoms. The van der Waals surface area contributed by atoms with E-state index in [1.54, 1.807) is 0 Å². The Labute approximate surface area is 140 Å². The summed E-state index contributed by atoms with van der Waals surface area (Å²) in [5.41, 5.74) is 1.73. The highest BCUT2D eigenvalue weighted by atomic mass is 16.3. The molecule has 0 heterocycles. The first kappa shape index (κ1) is 17.0. The van der Waals surface area contributed by atoms with Crippen molar-refractivity contribution in [1.82, 2.24) is 0 Å². The highest BCUT2D eigenvalue weighted by Crippen LogP contribution is 2.50. The molecule has 0 bridgehead atoms. The van der Waals surface area contributed by atoms with Crippen molar-refractivity contribution in [2.24, 2.45) is 17.3 Å². The lowest BCUT2D eigenvalue weighted by Gasteiger charge is -2.48. The Morgan fingerprint density at radius 2 is 1.22 bits per heavy atom. The van der Waals surface area contributed by atoms with Crippen LogP contribution in [0.4, 0.5) is 0 Å². The van der Waals surface area contributed by atoms with Gasteiger partial charge in [-0.05, 0) is 80.6 Å². The third-order valence-electron chi connectivity index (χ3n) is 6.69. The van der Waals surface area contributed by atoms with Gasteiger partial charge in [-0.2, -0.15) is 0 Å². The Balaban J connectivity index is 1.79. The van der Waals surface area contributed by atoms with Crippen LogP contribution in [0.3, 0.4) is 0 Å². The van der Waals surface area contributed by atoms with Crippen LogP contribution in [0.5, 0.6) is 0 Å². The molecule has 2 nitrogen and oxygen atoms in total. The van der Waals surface area contributed by atoms with Gasteiger partial charge in [0.25, 0.3) is 0 Å². The number of hydrogen-bond donors (Lipinski definition) is 2. The van der Waals surface area contributed by atoms with E-state index in [0.717, 1.165) is 57.8 Å². The summed E-state index contributed by atoms with van der Waals surface area (Å²) in [5, 5.41) is 19.8. The number of aliphatic hydroxyl groups excluding tert-OH is 2. The van der Waals surface area contributed by atoms with Crippen LogP contribution in [-0.2, 0) is 6.42 Å². The van der Waals surface area contributed by atoms with Gasteiger partial charge in [0.2, 0.25) is 0 Å². The zero-order valence-electron chi connectivity index (χ0n) is 14.5. The van der Waals surface area contributed by atoms with Crippen molar-refractivity contribution in [2.75, 3.05) is 0 Å². The highest BCUT2D eigenvalue weighted by Gasteiger charge is 2.43. The third-order valence-corrected chi connectivity index (χ3v) is 6.69. The summed E-state index contributed by atoms with van der Waals surface area (Å²) in [4.78, 5) is 0. The molecule has 23 heavy (non-hydrogen) atoms. The van der Waals surface area contributed by atoms with Crippen molar-refractivity contribution in [3.8, 4) is 0 Å². The summed E-state index contributed by atoms with van der Waals surface area (Å²) in [7, 11) is 0. The Morgan fingerprint density at radius 1 is 0.783 bits per heavy atom. The maximum absolute atomic E-state index is 9.89. The molecule has 2 saturated carbocycles. The molecule has 1 aromatic rings. The molecule has 3 rings (SSSR count). The van der Waals surface area contributed by atoms with E-state index >= 15 is 0 Å². The van der Waals surface area contributed by atoms with Gasteiger partial charge in [-0.25, -0.2) is 0 Å². The Bertz CT molecular complexity index is 446. The van der Waals surface area contributed by atoms with Crippen LogP contribution in [0, 0.1) is 17.3 Å². The predicted molar refractivity (Wildman–Crippen MR) is 94.2 cm³/mol. The Kier molecular flexibility index (Phi) is 5.43. The van der Waals surface area contributed by atoms with Crippen LogP contribution < -0.4 is 0 Å². The van der Waals surface area contributed by atoms with E-state index in [-0.39, 0.29) is 12.2 Å². The van der Waals surface area contributed by atoms with Crippen molar-refractivity contribution >= 4 is 0 Å².